The fourth-order valence-corrected chi connectivity index (χ4v) is 2.08. The molecule has 1 aromatic carbocycles. The van der Waals surface area contributed by atoms with Crippen molar-refractivity contribution in [3.8, 4) is 0 Å². The Balaban J connectivity index is 2.86. The van der Waals surface area contributed by atoms with E-state index in [4.69, 9.17) is 10.2 Å². The quantitative estimate of drug-likeness (QED) is 0.740. The van der Waals surface area contributed by atoms with Crippen LogP contribution in [0, 0.1) is 5.82 Å². The van der Waals surface area contributed by atoms with Crippen LogP contribution in [0.4, 0.5) is 10.1 Å². The second-order valence-corrected chi connectivity index (χ2v) is 5.91. The number of sulfonamides is 1. The maximum atomic E-state index is 13.7. The van der Waals surface area contributed by atoms with Crippen LogP contribution in [0.5, 0.6) is 0 Å². The Morgan fingerprint density at radius 2 is 2.11 bits per heavy atom. The zero-order valence-corrected chi connectivity index (χ0v) is 11.4. The van der Waals surface area contributed by atoms with Crippen molar-refractivity contribution in [2.24, 2.45) is 5.14 Å². The van der Waals surface area contributed by atoms with E-state index in [0.717, 1.165) is 0 Å². The summed E-state index contributed by atoms with van der Waals surface area (Å²) in [6.07, 6.45) is 0. The molecule has 0 aliphatic heterocycles. The van der Waals surface area contributed by atoms with Crippen LogP contribution in [0.1, 0.15) is 10.4 Å². The summed E-state index contributed by atoms with van der Waals surface area (Å²) in [5, 5.41) is 16.1. The van der Waals surface area contributed by atoms with Crippen molar-refractivity contribution in [1.29, 1.82) is 0 Å². The summed E-state index contributed by atoms with van der Waals surface area (Å²) >= 11 is 2.82. The number of carboxylic acids is 1. The molecule has 0 saturated carbocycles. The second kappa shape index (κ2) is 5.63. The number of nitrogens with one attached hydrogen (secondary N) is 1. The summed E-state index contributed by atoms with van der Waals surface area (Å²) in [7, 11) is -3.63. The molecule has 6 nitrogen and oxygen atoms in total. The van der Waals surface area contributed by atoms with Gasteiger partial charge in [-0.2, -0.15) is 0 Å². The van der Waals surface area contributed by atoms with Gasteiger partial charge in [0, 0.05) is 6.54 Å². The molecular weight excluding hydrogens is 331 g/mol. The van der Waals surface area contributed by atoms with E-state index in [1.54, 1.807) is 0 Å². The van der Waals surface area contributed by atoms with E-state index in [0.29, 0.717) is 0 Å². The Hall–Kier alpha value is -1.19. The lowest BCUT2D eigenvalue weighted by molar-refractivity contribution is 0.0695. The number of anilines is 1. The lowest BCUT2D eigenvalue weighted by Crippen LogP contribution is -2.22. The highest BCUT2D eigenvalue weighted by atomic mass is 79.9. The van der Waals surface area contributed by atoms with Crippen molar-refractivity contribution < 1.29 is 22.7 Å². The van der Waals surface area contributed by atoms with Gasteiger partial charge in [-0.25, -0.2) is 22.7 Å². The minimum atomic E-state index is -3.63. The molecule has 4 N–H and O–H groups in total. The number of nitrogens with two attached hydrogens (primary N) is 1. The first-order valence-electron chi connectivity index (χ1n) is 4.68. The largest absolute Gasteiger partial charge is 0.478 e. The van der Waals surface area contributed by atoms with Crippen LogP contribution in [0.15, 0.2) is 16.6 Å². The Bertz CT molecular complexity index is 576. The van der Waals surface area contributed by atoms with Gasteiger partial charge in [0.25, 0.3) is 0 Å². The number of rotatable bonds is 5. The molecular formula is C9H10BrFN2O4S. The molecule has 0 aromatic heterocycles. The molecule has 0 fully saturated rings. The average molecular weight is 341 g/mol. The van der Waals surface area contributed by atoms with Gasteiger partial charge in [0.1, 0.15) is 0 Å². The molecule has 1 aromatic rings. The third-order valence-electron chi connectivity index (χ3n) is 2.01. The van der Waals surface area contributed by atoms with E-state index in [-0.39, 0.29) is 28.0 Å². The summed E-state index contributed by atoms with van der Waals surface area (Å²) in [6.45, 7) is -0.0748. The van der Waals surface area contributed by atoms with Crippen LogP contribution in [-0.2, 0) is 10.0 Å². The van der Waals surface area contributed by atoms with Gasteiger partial charge in [-0.3, -0.25) is 0 Å². The number of halogens is 2. The highest BCUT2D eigenvalue weighted by molar-refractivity contribution is 9.10. The Morgan fingerprint density at radius 1 is 1.50 bits per heavy atom. The molecule has 0 bridgehead atoms. The van der Waals surface area contributed by atoms with E-state index in [1.807, 2.05) is 0 Å². The van der Waals surface area contributed by atoms with E-state index >= 15 is 0 Å². The van der Waals surface area contributed by atoms with Crippen molar-refractivity contribution in [3.05, 3.63) is 28.0 Å². The molecule has 0 saturated heterocycles. The number of hydrogen-bond acceptors (Lipinski definition) is 4. The SMILES string of the molecule is NS(=O)(=O)CCNc1ccc(C(=O)O)c(Br)c1F. The van der Waals surface area contributed by atoms with Gasteiger partial charge in [0.2, 0.25) is 10.0 Å². The predicted octanol–water partition coefficient (Wildman–Crippen LogP) is 0.987. The summed E-state index contributed by atoms with van der Waals surface area (Å²) in [5.41, 5.74) is -0.222. The maximum Gasteiger partial charge on any atom is 0.336 e. The number of carboxylic acid groups (broad SMARTS) is 1. The molecule has 0 aliphatic carbocycles. The molecule has 1 rings (SSSR count). The maximum absolute atomic E-state index is 13.7. The lowest BCUT2D eigenvalue weighted by Gasteiger charge is -2.09. The molecule has 0 amide bonds. The van der Waals surface area contributed by atoms with Gasteiger partial charge in [0.05, 0.1) is 21.5 Å². The van der Waals surface area contributed by atoms with E-state index in [1.165, 1.54) is 12.1 Å². The molecule has 18 heavy (non-hydrogen) atoms. The van der Waals surface area contributed by atoms with Crippen LogP contribution < -0.4 is 10.5 Å². The zero-order valence-electron chi connectivity index (χ0n) is 8.98. The molecule has 0 spiro atoms. The van der Waals surface area contributed by atoms with E-state index < -0.39 is 21.8 Å². The number of benzene rings is 1. The van der Waals surface area contributed by atoms with E-state index in [2.05, 4.69) is 21.2 Å². The minimum absolute atomic E-state index is 0.00414. The van der Waals surface area contributed by atoms with Crippen molar-refractivity contribution in [2.75, 3.05) is 17.6 Å². The number of primary sulfonamides is 1. The molecule has 0 unspecified atom stereocenters. The van der Waals surface area contributed by atoms with Crippen LogP contribution in [0.3, 0.4) is 0 Å². The van der Waals surface area contributed by atoms with Gasteiger partial charge in [-0.05, 0) is 28.1 Å². The first kappa shape index (κ1) is 14.9. The number of aromatic carboxylic acids is 1. The van der Waals surface area contributed by atoms with Crippen molar-refractivity contribution >= 4 is 37.6 Å². The summed E-state index contributed by atoms with van der Waals surface area (Å²) < 4.78 is 34.8. The zero-order chi connectivity index (χ0) is 13.9. The minimum Gasteiger partial charge on any atom is -0.478 e. The van der Waals surface area contributed by atoms with Gasteiger partial charge < -0.3 is 10.4 Å². The standard InChI is InChI=1S/C9H10BrFN2O4S/c10-7-5(9(14)15)1-2-6(8(7)11)13-3-4-18(12,16)17/h1-2,13H,3-4H2,(H,14,15)(H2,12,16,17). The van der Waals surface area contributed by atoms with Crippen LogP contribution >= 0.6 is 15.9 Å². The molecule has 0 heterocycles. The molecule has 0 radical (unpaired) electrons. The lowest BCUT2D eigenvalue weighted by atomic mass is 10.2. The normalized spacial score (nSPS) is 11.3. The van der Waals surface area contributed by atoms with Gasteiger partial charge in [-0.1, -0.05) is 0 Å². The van der Waals surface area contributed by atoms with E-state index in [9.17, 15) is 17.6 Å². The van der Waals surface area contributed by atoms with Crippen LogP contribution in [0.2, 0.25) is 0 Å². The fourth-order valence-electron chi connectivity index (χ4n) is 1.18. The van der Waals surface area contributed by atoms with Gasteiger partial charge in [-0.15, -0.1) is 0 Å². The Morgan fingerprint density at radius 3 is 2.61 bits per heavy atom. The first-order valence-corrected chi connectivity index (χ1v) is 7.19. The first-order chi connectivity index (χ1) is 8.22. The monoisotopic (exact) mass is 340 g/mol. The van der Waals surface area contributed by atoms with Crippen LogP contribution in [0.25, 0.3) is 0 Å². The topological polar surface area (TPSA) is 109 Å². The third-order valence-corrected chi connectivity index (χ3v) is 3.56. The smallest absolute Gasteiger partial charge is 0.336 e. The number of carbonyl (C=O) groups is 1. The summed E-state index contributed by atoms with van der Waals surface area (Å²) in [5.74, 6) is -2.42. The molecule has 0 atom stereocenters. The molecule has 9 heteroatoms. The third kappa shape index (κ3) is 3.93. The Kier molecular flexibility index (Phi) is 4.65. The fraction of sp³-hybridized carbons (Fsp3) is 0.222. The summed E-state index contributed by atoms with van der Waals surface area (Å²) in [6, 6.07) is 2.42. The van der Waals surface area contributed by atoms with Crippen molar-refractivity contribution in [1.82, 2.24) is 0 Å². The highest BCUT2D eigenvalue weighted by Crippen LogP contribution is 2.26. The predicted molar refractivity (Wildman–Crippen MR) is 67.5 cm³/mol. The van der Waals surface area contributed by atoms with Gasteiger partial charge >= 0.3 is 5.97 Å². The number of hydrogen-bond donors (Lipinski definition) is 3. The van der Waals surface area contributed by atoms with Crippen molar-refractivity contribution in [3.63, 3.8) is 0 Å². The molecule has 100 valence electrons. The van der Waals surface area contributed by atoms with Crippen molar-refractivity contribution in [2.45, 2.75) is 0 Å². The van der Waals surface area contributed by atoms with Gasteiger partial charge in [0.15, 0.2) is 5.82 Å². The van der Waals surface area contributed by atoms with Crippen LogP contribution in [-0.4, -0.2) is 31.8 Å². The highest BCUT2D eigenvalue weighted by Gasteiger charge is 2.15. The average Bonchev–Trinajstić information content (AvgIpc) is 2.22. The second-order valence-electron chi connectivity index (χ2n) is 3.39. The summed E-state index contributed by atoms with van der Waals surface area (Å²) in [4.78, 5) is 10.7. The molecule has 0 aliphatic rings. The Labute approximate surface area is 111 Å².